The fraction of sp³-hybridized carbons (Fsp3) is 0.227. The van der Waals surface area contributed by atoms with E-state index in [0.29, 0.717) is 23.5 Å². The maximum absolute atomic E-state index is 14.5. The Balaban J connectivity index is 1.93. The van der Waals surface area contributed by atoms with E-state index in [1.807, 2.05) is 37.3 Å². The van der Waals surface area contributed by atoms with Crippen molar-refractivity contribution in [2.45, 2.75) is 33.3 Å². The molecule has 1 aliphatic rings. The maximum Gasteiger partial charge on any atom is 0.167 e. The molecular weight excluding hydrogens is 346 g/mol. The van der Waals surface area contributed by atoms with Crippen LogP contribution in [-0.2, 0) is 6.61 Å². The van der Waals surface area contributed by atoms with Crippen LogP contribution in [0.4, 0.5) is 8.78 Å². The first kappa shape index (κ1) is 18.8. The van der Waals surface area contributed by atoms with E-state index in [9.17, 15) is 8.78 Å². The van der Waals surface area contributed by atoms with Gasteiger partial charge in [-0.15, -0.1) is 0 Å². The highest BCUT2D eigenvalue weighted by atomic mass is 19.1. The third-order valence-corrected chi connectivity index (χ3v) is 4.17. The minimum absolute atomic E-state index is 0.0950. The van der Waals surface area contributed by atoms with E-state index < -0.39 is 11.6 Å². The van der Waals surface area contributed by atoms with Gasteiger partial charge in [0.1, 0.15) is 12.4 Å². The van der Waals surface area contributed by atoms with Crippen molar-refractivity contribution < 1.29 is 13.5 Å². The lowest BCUT2D eigenvalue weighted by molar-refractivity contribution is 0.289. The van der Waals surface area contributed by atoms with Crippen LogP contribution in [0.3, 0.4) is 0 Å². The van der Waals surface area contributed by atoms with Crippen LogP contribution in [0.15, 0.2) is 76.8 Å². The average Bonchev–Trinajstić information content (AvgIpc) is 2.68. The number of halogens is 2. The van der Waals surface area contributed by atoms with Crippen molar-refractivity contribution in [2.24, 2.45) is 4.99 Å². The van der Waals surface area contributed by atoms with Crippen molar-refractivity contribution in [1.82, 2.24) is 5.32 Å². The summed E-state index contributed by atoms with van der Waals surface area (Å²) in [5, 5.41) is 2.92. The molecule has 0 fully saturated rings. The normalized spacial score (nSPS) is 15.6. The Morgan fingerprint density at radius 1 is 1.07 bits per heavy atom. The zero-order valence-corrected chi connectivity index (χ0v) is 15.4. The summed E-state index contributed by atoms with van der Waals surface area (Å²) in [6.45, 7) is 3.87. The summed E-state index contributed by atoms with van der Waals surface area (Å²) in [5.74, 6) is -0.411. The van der Waals surface area contributed by atoms with Gasteiger partial charge >= 0.3 is 0 Å². The number of benzene rings is 2. The Labute approximate surface area is 158 Å². The lowest BCUT2D eigenvalue weighted by Gasteiger charge is -2.20. The van der Waals surface area contributed by atoms with Gasteiger partial charge in [-0.05, 0) is 31.0 Å². The first-order valence-corrected chi connectivity index (χ1v) is 8.98. The van der Waals surface area contributed by atoms with Crippen molar-refractivity contribution in [2.75, 3.05) is 0 Å². The van der Waals surface area contributed by atoms with Crippen LogP contribution >= 0.6 is 0 Å². The molecule has 2 aromatic rings. The molecule has 3 nitrogen and oxygen atoms in total. The van der Waals surface area contributed by atoms with Crippen molar-refractivity contribution in [3.63, 3.8) is 0 Å². The van der Waals surface area contributed by atoms with E-state index in [1.54, 1.807) is 25.1 Å². The second kappa shape index (κ2) is 8.62. The average molecular weight is 368 g/mol. The summed E-state index contributed by atoms with van der Waals surface area (Å²) in [7, 11) is 0. The number of hydrogen-bond donors (Lipinski definition) is 1. The number of rotatable bonds is 6. The number of hydrogen-bond acceptors (Lipinski definition) is 3. The number of allylic oxidation sites excluding steroid dienone is 3. The van der Waals surface area contributed by atoms with Gasteiger partial charge in [0.05, 0.1) is 17.0 Å². The minimum Gasteiger partial charge on any atom is -0.485 e. The molecule has 0 unspecified atom stereocenters. The summed E-state index contributed by atoms with van der Waals surface area (Å²) in [6.07, 6.45) is 3.36. The van der Waals surface area contributed by atoms with Gasteiger partial charge in [0.15, 0.2) is 17.4 Å². The van der Waals surface area contributed by atoms with Gasteiger partial charge in [0.2, 0.25) is 0 Å². The number of nitrogens with one attached hydrogen (secondary N) is 1. The van der Waals surface area contributed by atoms with Gasteiger partial charge in [0.25, 0.3) is 0 Å². The van der Waals surface area contributed by atoms with Gasteiger partial charge < -0.3 is 10.1 Å². The summed E-state index contributed by atoms with van der Waals surface area (Å²) in [6, 6.07) is 14.2. The van der Waals surface area contributed by atoms with Crippen molar-refractivity contribution in [1.29, 1.82) is 0 Å². The Morgan fingerprint density at radius 3 is 2.59 bits per heavy atom. The minimum atomic E-state index is -0.486. The van der Waals surface area contributed by atoms with E-state index in [1.165, 1.54) is 6.07 Å². The van der Waals surface area contributed by atoms with Gasteiger partial charge in [-0.25, -0.2) is 13.8 Å². The Hall–Kier alpha value is -2.95. The highest BCUT2D eigenvalue weighted by Gasteiger charge is 2.22. The van der Waals surface area contributed by atoms with Crippen LogP contribution in [0.1, 0.15) is 37.8 Å². The zero-order chi connectivity index (χ0) is 19.2. The molecular formula is C22H22F2N2O. The SMILES string of the molecule is CCC/C=C1/N=C(c2cccc(F)c2OCc2ccccc2)NC(C)=C1F. The molecule has 5 heteroatoms. The topological polar surface area (TPSA) is 33.6 Å². The molecule has 0 bridgehead atoms. The molecule has 0 atom stereocenters. The second-order valence-electron chi connectivity index (χ2n) is 6.29. The van der Waals surface area contributed by atoms with E-state index in [2.05, 4.69) is 10.3 Å². The highest BCUT2D eigenvalue weighted by Crippen LogP contribution is 2.28. The van der Waals surface area contributed by atoms with Crippen LogP contribution in [0.5, 0.6) is 5.75 Å². The molecule has 1 N–H and O–H groups in total. The van der Waals surface area contributed by atoms with E-state index in [0.717, 1.165) is 12.0 Å². The van der Waals surface area contributed by atoms with E-state index >= 15 is 0 Å². The molecule has 140 valence electrons. The molecule has 0 spiro atoms. The van der Waals surface area contributed by atoms with Crippen LogP contribution in [0.25, 0.3) is 0 Å². The van der Waals surface area contributed by atoms with Crippen LogP contribution < -0.4 is 10.1 Å². The zero-order valence-electron chi connectivity index (χ0n) is 15.4. The second-order valence-corrected chi connectivity index (χ2v) is 6.29. The molecule has 0 radical (unpaired) electrons. The molecule has 1 aliphatic heterocycles. The number of para-hydroxylation sites is 1. The molecule has 0 aliphatic carbocycles. The van der Waals surface area contributed by atoms with Crippen LogP contribution in [-0.4, -0.2) is 5.84 Å². The molecule has 0 saturated heterocycles. The van der Waals surface area contributed by atoms with Crippen molar-refractivity contribution in [3.8, 4) is 5.75 Å². The molecule has 2 aromatic carbocycles. The van der Waals surface area contributed by atoms with Crippen LogP contribution in [0, 0.1) is 5.82 Å². The third kappa shape index (κ3) is 4.42. The predicted octanol–water partition coefficient (Wildman–Crippen LogP) is 5.64. The first-order chi connectivity index (χ1) is 13.1. The Morgan fingerprint density at radius 2 is 1.85 bits per heavy atom. The fourth-order valence-electron chi connectivity index (χ4n) is 2.74. The van der Waals surface area contributed by atoms with Gasteiger partial charge in [0, 0.05) is 0 Å². The summed E-state index contributed by atoms with van der Waals surface area (Å²) in [4.78, 5) is 4.36. The number of nitrogens with zero attached hydrogens (tertiary/aromatic N) is 1. The molecule has 0 aromatic heterocycles. The smallest absolute Gasteiger partial charge is 0.167 e. The number of ether oxygens (including phenoxy) is 1. The quantitative estimate of drug-likeness (QED) is 0.716. The molecule has 27 heavy (non-hydrogen) atoms. The highest BCUT2D eigenvalue weighted by molar-refractivity contribution is 6.03. The largest absolute Gasteiger partial charge is 0.485 e. The molecule has 3 rings (SSSR count). The number of aliphatic imine (C=N–C) groups is 1. The predicted molar refractivity (Wildman–Crippen MR) is 104 cm³/mol. The van der Waals surface area contributed by atoms with Crippen LogP contribution in [0.2, 0.25) is 0 Å². The maximum atomic E-state index is 14.5. The molecule has 1 heterocycles. The van der Waals surface area contributed by atoms with Crippen molar-refractivity contribution in [3.05, 3.63) is 88.8 Å². The van der Waals surface area contributed by atoms with Gasteiger partial charge in [-0.2, -0.15) is 0 Å². The molecule has 0 saturated carbocycles. The summed E-state index contributed by atoms with van der Waals surface area (Å²) in [5.41, 5.74) is 2.00. The number of unbranched alkanes of at least 4 members (excludes halogenated alkanes) is 1. The summed E-state index contributed by atoms with van der Waals surface area (Å²) < 4.78 is 34.6. The first-order valence-electron chi connectivity index (χ1n) is 8.98. The Bertz CT molecular complexity index is 902. The number of amidine groups is 1. The Kier molecular flexibility index (Phi) is 6.01. The monoisotopic (exact) mass is 368 g/mol. The van der Waals surface area contributed by atoms with Gasteiger partial charge in [-0.1, -0.05) is 55.8 Å². The summed E-state index contributed by atoms with van der Waals surface area (Å²) >= 11 is 0. The standard InChI is InChI=1S/C22H22F2N2O/c1-3-4-13-19-20(24)15(2)25-22(26-19)17-11-8-12-18(23)21(17)27-14-16-9-6-5-7-10-16/h5-13H,3-4,14H2,1-2H3,(H,25,26)/b19-13+. The fourth-order valence-corrected chi connectivity index (χ4v) is 2.74. The lowest BCUT2D eigenvalue weighted by atomic mass is 10.1. The third-order valence-electron chi connectivity index (χ3n) is 4.17. The van der Waals surface area contributed by atoms with Gasteiger partial charge in [-0.3, -0.25) is 0 Å². The van der Waals surface area contributed by atoms with Crippen molar-refractivity contribution >= 4 is 5.84 Å². The van der Waals surface area contributed by atoms with E-state index in [4.69, 9.17) is 4.74 Å². The molecule has 0 amide bonds. The van der Waals surface area contributed by atoms with E-state index in [-0.39, 0.29) is 18.1 Å². The lowest BCUT2D eigenvalue weighted by Crippen LogP contribution is -2.28.